The van der Waals surface area contributed by atoms with Gasteiger partial charge in [-0.2, -0.15) is 0 Å². The number of amides is 2. The molecule has 0 unspecified atom stereocenters. The molecule has 104 valence electrons. The summed E-state index contributed by atoms with van der Waals surface area (Å²) >= 11 is 0. The van der Waals surface area contributed by atoms with E-state index in [0.29, 0.717) is 5.69 Å². The monoisotopic (exact) mass is 276 g/mol. The van der Waals surface area contributed by atoms with Gasteiger partial charge in [-0.25, -0.2) is 13.6 Å². The zero-order chi connectivity index (χ0) is 14.5. The fraction of sp³-hybridized carbons (Fsp3) is 0.133. The summed E-state index contributed by atoms with van der Waals surface area (Å²) in [7, 11) is 0. The van der Waals surface area contributed by atoms with Crippen molar-refractivity contribution >= 4 is 11.7 Å². The number of carbonyl (C=O) groups is 1. The number of anilines is 1. The predicted octanol–water partition coefficient (Wildman–Crippen LogP) is 3.85. The fourth-order valence-electron chi connectivity index (χ4n) is 1.73. The Balaban J connectivity index is 1.93. The number of hydrogen-bond donors (Lipinski definition) is 2. The van der Waals surface area contributed by atoms with Crippen molar-refractivity contribution in [3.8, 4) is 0 Å². The van der Waals surface area contributed by atoms with Crippen LogP contribution in [0, 0.1) is 11.6 Å². The van der Waals surface area contributed by atoms with E-state index in [1.807, 2.05) is 0 Å². The fourth-order valence-corrected chi connectivity index (χ4v) is 1.73. The van der Waals surface area contributed by atoms with Gasteiger partial charge >= 0.3 is 6.03 Å². The van der Waals surface area contributed by atoms with E-state index < -0.39 is 6.03 Å². The molecule has 2 aromatic carbocycles. The largest absolute Gasteiger partial charge is 0.331 e. The molecule has 3 nitrogen and oxygen atoms in total. The Morgan fingerprint density at radius 3 is 2.00 bits per heavy atom. The lowest BCUT2D eigenvalue weighted by Gasteiger charge is -2.15. The van der Waals surface area contributed by atoms with Gasteiger partial charge in [0.15, 0.2) is 0 Å². The molecule has 0 aromatic heterocycles. The van der Waals surface area contributed by atoms with Crippen molar-refractivity contribution < 1.29 is 13.6 Å². The van der Waals surface area contributed by atoms with Gasteiger partial charge in [-0.1, -0.05) is 12.1 Å². The maximum Gasteiger partial charge on any atom is 0.319 e. The molecule has 0 aliphatic rings. The van der Waals surface area contributed by atoms with E-state index in [2.05, 4.69) is 10.6 Å². The second kappa shape index (κ2) is 6.14. The Hall–Kier alpha value is -2.43. The Kier molecular flexibility index (Phi) is 4.30. The predicted molar refractivity (Wildman–Crippen MR) is 73.4 cm³/mol. The average molecular weight is 276 g/mol. The van der Waals surface area contributed by atoms with Crippen LogP contribution >= 0.6 is 0 Å². The van der Waals surface area contributed by atoms with Crippen LogP contribution in [0.4, 0.5) is 19.3 Å². The molecule has 0 saturated heterocycles. The normalized spacial score (nSPS) is 11.8. The summed E-state index contributed by atoms with van der Waals surface area (Å²) in [5.41, 5.74) is 1.29. The molecule has 0 bridgehead atoms. The van der Waals surface area contributed by atoms with Gasteiger partial charge in [-0.3, -0.25) is 0 Å². The van der Waals surface area contributed by atoms with Crippen LogP contribution in [0.5, 0.6) is 0 Å². The first-order valence-electron chi connectivity index (χ1n) is 6.13. The Bertz CT molecular complexity index is 582. The third-order valence-electron chi connectivity index (χ3n) is 2.82. The highest BCUT2D eigenvalue weighted by Crippen LogP contribution is 2.13. The van der Waals surface area contributed by atoms with E-state index in [4.69, 9.17) is 0 Å². The summed E-state index contributed by atoms with van der Waals surface area (Å²) in [6.07, 6.45) is 0. The SMILES string of the molecule is C[C@H](NC(=O)Nc1ccc(F)cc1)c1ccc(F)cc1. The van der Waals surface area contributed by atoms with Crippen molar-refractivity contribution in [1.29, 1.82) is 0 Å². The molecule has 2 amide bonds. The van der Waals surface area contributed by atoms with Crippen LogP contribution < -0.4 is 10.6 Å². The quantitative estimate of drug-likeness (QED) is 0.878. The number of rotatable bonds is 3. The van der Waals surface area contributed by atoms with Gasteiger partial charge in [0.05, 0.1) is 6.04 Å². The topological polar surface area (TPSA) is 41.1 Å². The summed E-state index contributed by atoms with van der Waals surface area (Å²) < 4.78 is 25.5. The molecule has 0 heterocycles. The second-order valence-electron chi connectivity index (χ2n) is 4.38. The molecule has 20 heavy (non-hydrogen) atoms. The third kappa shape index (κ3) is 3.78. The summed E-state index contributed by atoms with van der Waals surface area (Å²) in [6, 6.07) is 10.7. The number of urea groups is 1. The first-order chi connectivity index (χ1) is 9.54. The molecule has 0 spiro atoms. The van der Waals surface area contributed by atoms with Gasteiger partial charge in [0.1, 0.15) is 11.6 Å². The molecule has 0 radical (unpaired) electrons. The lowest BCUT2D eigenvalue weighted by Crippen LogP contribution is -2.31. The van der Waals surface area contributed by atoms with Crippen LogP contribution in [-0.2, 0) is 0 Å². The van der Waals surface area contributed by atoms with Gasteiger partial charge in [-0.15, -0.1) is 0 Å². The molecular weight excluding hydrogens is 262 g/mol. The molecule has 0 fully saturated rings. The number of benzene rings is 2. The maximum absolute atomic E-state index is 12.8. The third-order valence-corrected chi connectivity index (χ3v) is 2.82. The molecule has 0 aliphatic heterocycles. The molecule has 0 saturated carbocycles. The van der Waals surface area contributed by atoms with Gasteiger partial charge in [0.2, 0.25) is 0 Å². The van der Waals surface area contributed by atoms with Crippen molar-refractivity contribution in [3.05, 3.63) is 65.7 Å². The highest BCUT2D eigenvalue weighted by Gasteiger charge is 2.09. The van der Waals surface area contributed by atoms with Crippen molar-refractivity contribution in [3.63, 3.8) is 0 Å². The van der Waals surface area contributed by atoms with Crippen molar-refractivity contribution in [2.45, 2.75) is 13.0 Å². The van der Waals surface area contributed by atoms with E-state index in [-0.39, 0.29) is 17.7 Å². The van der Waals surface area contributed by atoms with E-state index >= 15 is 0 Å². The summed E-state index contributed by atoms with van der Waals surface area (Å²) in [5.74, 6) is -0.688. The number of nitrogens with one attached hydrogen (secondary N) is 2. The second-order valence-corrected chi connectivity index (χ2v) is 4.38. The van der Waals surface area contributed by atoms with E-state index in [1.54, 1.807) is 19.1 Å². The average Bonchev–Trinajstić information content (AvgIpc) is 2.42. The summed E-state index contributed by atoms with van der Waals surface area (Å²) in [6.45, 7) is 1.79. The van der Waals surface area contributed by atoms with Gasteiger partial charge in [-0.05, 0) is 48.9 Å². The molecule has 2 N–H and O–H groups in total. The summed E-state index contributed by atoms with van der Waals surface area (Å²) in [4.78, 5) is 11.8. The van der Waals surface area contributed by atoms with Gasteiger partial charge in [0.25, 0.3) is 0 Å². The van der Waals surface area contributed by atoms with Gasteiger partial charge < -0.3 is 10.6 Å². The minimum Gasteiger partial charge on any atom is -0.331 e. The van der Waals surface area contributed by atoms with Crippen LogP contribution in [0.2, 0.25) is 0 Å². The van der Waals surface area contributed by atoms with E-state index in [1.165, 1.54) is 36.4 Å². The van der Waals surface area contributed by atoms with Crippen LogP contribution in [0.3, 0.4) is 0 Å². The Labute approximate surface area is 115 Å². The van der Waals surface area contributed by atoms with Crippen LogP contribution in [0.25, 0.3) is 0 Å². The number of halogens is 2. The minimum absolute atomic E-state index is 0.268. The van der Waals surface area contributed by atoms with Crippen LogP contribution in [0.15, 0.2) is 48.5 Å². The van der Waals surface area contributed by atoms with Crippen LogP contribution in [-0.4, -0.2) is 6.03 Å². The zero-order valence-corrected chi connectivity index (χ0v) is 10.9. The van der Waals surface area contributed by atoms with E-state index in [0.717, 1.165) is 5.56 Å². The zero-order valence-electron chi connectivity index (χ0n) is 10.9. The Morgan fingerprint density at radius 1 is 0.950 bits per heavy atom. The number of hydrogen-bond acceptors (Lipinski definition) is 1. The lowest BCUT2D eigenvalue weighted by atomic mass is 10.1. The first-order valence-corrected chi connectivity index (χ1v) is 6.13. The highest BCUT2D eigenvalue weighted by atomic mass is 19.1. The lowest BCUT2D eigenvalue weighted by molar-refractivity contribution is 0.249. The maximum atomic E-state index is 12.8. The number of carbonyl (C=O) groups excluding carboxylic acids is 1. The Morgan fingerprint density at radius 2 is 1.45 bits per heavy atom. The molecular formula is C15H14F2N2O. The highest BCUT2D eigenvalue weighted by molar-refractivity contribution is 5.89. The van der Waals surface area contributed by atoms with E-state index in [9.17, 15) is 13.6 Å². The summed E-state index contributed by atoms with van der Waals surface area (Å²) in [5, 5.41) is 5.30. The molecule has 1 atom stereocenters. The molecule has 2 aromatic rings. The van der Waals surface area contributed by atoms with Gasteiger partial charge in [0, 0.05) is 5.69 Å². The van der Waals surface area contributed by atoms with Crippen molar-refractivity contribution in [1.82, 2.24) is 5.32 Å². The van der Waals surface area contributed by atoms with Crippen LogP contribution in [0.1, 0.15) is 18.5 Å². The molecule has 0 aliphatic carbocycles. The molecule has 2 rings (SSSR count). The first kappa shape index (κ1) is 14.0. The standard InChI is InChI=1S/C15H14F2N2O/c1-10(11-2-4-12(16)5-3-11)18-15(20)19-14-8-6-13(17)7-9-14/h2-10H,1H3,(H2,18,19,20)/t10-/m0/s1. The van der Waals surface area contributed by atoms with Crippen molar-refractivity contribution in [2.75, 3.05) is 5.32 Å². The minimum atomic E-state index is -0.409. The van der Waals surface area contributed by atoms with Crippen molar-refractivity contribution in [2.24, 2.45) is 0 Å². The smallest absolute Gasteiger partial charge is 0.319 e. The molecule has 5 heteroatoms.